The first kappa shape index (κ1) is 46.1. The predicted octanol–water partition coefficient (Wildman–Crippen LogP) is 20.8. The van der Waals surface area contributed by atoms with Gasteiger partial charge in [0, 0.05) is 82.3 Å². The second-order valence-corrected chi connectivity index (χ2v) is 23.4. The van der Waals surface area contributed by atoms with Crippen molar-refractivity contribution in [3.8, 4) is 67.2 Å². The van der Waals surface area contributed by atoms with E-state index in [4.69, 9.17) is 28.3 Å². The number of hydrogen-bond acceptors (Lipinski definition) is 3. The van der Waals surface area contributed by atoms with Crippen LogP contribution in [0.5, 0.6) is 0 Å². The van der Waals surface area contributed by atoms with E-state index in [2.05, 4.69) is 176 Å². The summed E-state index contributed by atoms with van der Waals surface area (Å²) in [5, 5.41) is 6.69. The molecule has 0 aliphatic carbocycles. The Labute approximate surface area is 537 Å². The van der Waals surface area contributed by atoms with Gasteiger partial charge in [-0.2, -0.15) is 0 Å². The number of benzene rings is 9. The van der Waals surface area contributed by atoms with Gasteiger partial charge in [0.25, 0.3) is 0 Å². The van der Waals surface area contributed by atoms with Gasteiger partial charge in [-0.05, 0) is 127 Å². The van der Waals surface area contributed by atoms with Crippen molar-refractivity contribution in [2.24, 2.45) is 27.0 Å². The highest BCUT2D eigenvalue weighted by Crippen LogP contribution is 2.41. The van der Waals surface area contributed by atoms with E-state index in [1.54, 1.807) is 24.3 Å². The van der Waals surface area contributed by atoms with Crippen molar-refractivity contribution < 1.29 is 42.0 Å². The van der Waals surface area contributed by atoms with Crippen LogP contribution in [0.1, 0.15) is 81.8 Å². The van der Waals surface area contributed by atoms with Crippen molar-refractivity contribution in [3.63, 3.8) is 0 Å². The summed E-state index contributed by atoms with van der Waals surface area (Å²) in [5.41, 5.74) is 23.8. The van der Waals surface area contributed by atoms with Crippen molar-refractivity contribution in [3.05, 3.63) is 270 Å². The molecule has 0 saturated heterocycles. The number of rotatable bonds is 9. The Kier molecular flexibility index (Phi) is 12.5. The highest BCUT2D eigenvalue weighted by molar-refractivity contribution is 6.12. The molecule has 0 radical (unpaired) electrons. The molecule has 0 fully saturated rings. The van der Waals surface area contributed by atoms with Gasteiger partial charge in [0.15, 0.2) is 18.6 Å². The summed E-state index contributed by atoms with van der Waals surface area (Å²) in [6.45, 7) is 1.60. The summed E-state index contributed by atoms with van der Waals surface area (Å²) in [5.74, 6) is -4.23. The van der Waals surface area contributed by atoms with E-state index >= 15 is 0 Å². The number of aryl methyl sites for hydroxylation is 7. The topological polar surface area (TPSA) is 51.1 Å². The van der Waals surface area contributed by atoms with Crippen LogP contribution in [0.2, 0.25) is 0 Å². The zero-order chi connectivity index (χ0) is 71.0. The van der Waals surface area contributed by atoms with Gasteiger partial charge in [-0.1, -0.05) is 197 Å². The average molecular weight is 1170 g/mol. The van der Waals surface area contributed by atoms with Crippen LogP contribution in [-0.4, -0.2) is 0 Å². The maximum atomic E-state index is 8.30. The molecule has 438 valence electrons. The van der Waals surface area contributed by atoms with Crippen LogP contribution in [0.4, 0.5) is 0 Å². The van der Waals surface area contributed by atoms with Crippen LogP contribution < -0.4 is 13.7 Å². The normalized spacial score (nSPS) is 14.6. The number of hydrogen-bond donors (Lipinski definition) is 0. The van der Waals surface area contributed by atoms with Gasteiger partial charge >= 0.3 is 0 Å². The fourth-order valence-electron chi connectivity index (χ4n) is 12.5. The summed E-state index contributed by atoms with van der Waals surface area (Å²) in [6.07, 6.45) is 5.89. The van der Waals surface area contributed by atoms with Gasteiger partial charge in [-0.3, -0.25) is 0 Å². The van der Waals surface area contributed by atoms with E-state index in [9.17, 15) is 0 Å². The van der Waals surface area contributed by atoms with Crippen LogP contribution in [0.25, 0.3) is 133 Å². The van der Waals surface area contributed by atoms with Gasteiger partial charge in [0.1, 0.15) is 54.6 Å². The third-order valence-corrected chi connectivity index (χ3v) is 17.1. The Morgan fingerprint density at radius 2 is 0.753 bits per heavy atom. The van der Waals surface area contributed by atoms with E-state index in [-0.39, 0.29) is 0 Å². The fraction of sp³-hybridized carbons (Fsp3) is 0.169. The average Bonchev–Trinajstić information content (AvgIpc) is 1.55. The van der Waals surface area contributed by atoms with E-state index in [0.717, 1.165) is 128 Å². The second-order valence-electron chi connectivity index (χ2n) is 23.4. The molecule has 15 rings (SSSR count). The van der Waals surface area contributed by atoms with Crippen molar-refractivity contribution in [1.82, 2.24) is 0 Å². The molecule has 1 unspecified atom stereocenters. The van der Waals surface area contributed by atoms with Gasteiger partial charge in [0.05, 0.1) is 16.7 Å². The lowest BCUT2D eigenvalue weighted by molar-refractivity contribution is -0.660. The smallest absolute Gasteiger partial charge is 0.216 e. The lowest BCUT2D eigenvalue weighted by Crippen LogP contribution is -2.31. The minimum absolute atomic E-state index is 0.395. The highest BCUT2D eigenvalue weighted by atomic mass is 16.3. The molecule has 6 nitrogen and oxygen atoms in total. The summed E-state index contributed by atoms with van der Waals surface area (Å²) in [7, 11) is 6.11. The minimum atomic E-state index is -2.94. The number of fused-ring (bicyclic) bond motifs is 9. The Balaban J connectivity index is 0.000000136. The molecule has 6 aromatic heterocycles. The van der Waals surface area contributed by atoms with Crippen molar-refractivity contribution in [2.45, 2.75) is 67.5 Å². The molecule has 0 amide bonds. The van der Waals surface area contributed by atoms with Gasteiger partial charge in [0.2, 0.25) is 17.1 Å². The van der Waals surface area contributed by atoms with Crippen molar-refractivity contribution >= 4 is 65.8 Å². The quantitative estimate of drug-likeness (QED) is 0.135. The van der Waals surface area contributed by atoms with E-state index in [0.29, 0.717) is 11.1 Å². The first-order chi connectivity index (χ1) is 47.5. The molecular weight excluding hydrogens is 1090 g/mol. The van der Waals surface area contributed by atoms with Crippen LogP contribution in [-0.2, 0) is 27.6 Å². The molecule has 0 spiro atoms. The Morgan fingerprint density at radius 3 is 1.13 bits per heavy atom. The zero-order valence-corrected chi connectivity index (χ0v) is 51.3. The largest absolute Gasteiger partial charge is 0.455 e. The Bertz CT molecular complexity index is 5610. The maximum absolute atomic E-state index is 8.30. The maximum Gasteiger partial charge on any atom is 0.216 e. The molecule has 6 heteroatoms. The summed E-state index contributed by atoms with van der Waals surface area (Å²) in [6, 6.07) is 72.7. The molecular formula is C83H76N3O3+3. The van der Waals surface area contributed by atoms with Crippen LogP contribution >= 0.6 is 0 Å². The number of pyridine rings is 3. The summed E-state index contributed by atoms with van der Waals surface area (Å²) >= 11 is 0. The number of para-hydroxylation sites is 3. The van der Waals surface area contributed by atoms with Gasteiger partial charge < -0.3 is 13.3 Å². The molecule has 0 N–H and O–H groups in total. The molecule has 1 atom stereocenters. The van der Waals surface area contributed by atoms with Crippen molar-refractivity contribution in [1.29, 1.82) is 0 Å². The first-order valence-electron chi connectivity index (χ1n) is 35.5. The van der Waals surface area contributed by atoms with Crippen molar-refractivity contribution in [2.75, 3.05) is 0 Å². The number of furan rings is 3. The summed E-state index contributed by atoms with van der Waals surface area (Å²) < 4.78 is 111. The minimum Gasteiger partial charge on any atom is -0.455 e. The molecule has 0 saturated carbocycles. The molecule has 6 heterocycles. The lowest BCUT2D eigenvalue weighted by atomic mass is 9.98. The first-order valence-corrected chi connectivity index (χ1v) is 30.0. The third-order valence-electron chi connectivity index (χ3n) is 17.1. The molecule has 89 heavy (non-hydrogen) atoms. The molecule has 0 bridgehead atoms. The second kappa shape index (κ2) is 24.2. The third kappa shape index (κ3) is 11.3. The van der Waals surface area contributed by atoms with E-state index < -0.39 is 38.8 Å². The monoisotopic (exact) mass is 1170 g/mol. The SMILES string of the molecule is Cc1cccc(-c2ccc(-c3c(C)ccc4c3oc3ccccc34)[n+](C)c2)c1.[2H]C([2H])([2H])C([2H])(C)c1ccc(-c2ccc(-c3c(C)ccc4c3oc3ccccc34)[n+](C)c2)cc1.[2H]C([2H])([2H])C([2H])(Cc1ccc(-c2ccc(-c3c(C)ccc4c3oc3ccccc34)[n+](C)c2)cc1)C([2H])([2H])[2H]. The van der Waals surface area contributed by atoms with Gasteiger partial charge in [-0.15, -0.1) is 0 Å². The summed E-state index contributed by atoms with van der Waals surface area (Å²) in [4.78, 5) is 0. The zero-order valence-electron chi connectivity index (χ0n) is 62.3. The molecule has 0 aliphatic heterocycles. The van der Waals surface area contributed by atoms with E-state index in [1.807, 2.05) is 99.2 Å². The predicted molar refractivity (Wildman–Crippen MR) is 369 cm³/mol. The van der Waals surface area contributed by atoms with Crippen LogP contribution in [0.15, 0.2) is 250 Å². The Morgan fingerprint density at radius 1 is 0.371 bits per heavy atom. The standard InChI is InChI=1S/C29H28NO.C28H26NO.C26H22NO/c1-19(2)17-21-10-12-22(13-11-21)23-14-16-26(30(4)18-23)28-20(3)9-15-25-24-7-5-6-8-27(24)31-29(25)28;1-18(2)20-10-12-21(13-11-20)22-14-16-25(29(4)17-22)27-19(3)9-15-24-23-7-5-6-8-26(23)30-28(24)27;1-17-7-6-8-19(15-17)20-12-14-23(27(3)16-20)25-18(2)11-13-22-21-9-4-5-10-24(21)28-26(22)25/h5-16,18-19H,17H2,1-4H3;5-18H,1-4H3;4-16H,1-3H3/q3*+1/i1D3,2D3,19D;1D3,18D;. The van der Waals surface area contributed by atoms with Crippen LogP contribution in [0, 0.1) is 33.6 Å². The van der Waals surface area contributed by atoms with Crippen LogP contribution in [0.3, 0.4) is 0 Å². The lowest BCUT2D eigenvalue weighted by Gasteiger charge is -2.09. The number of aromatic nitrogens is 3. The molecule has 9 aromatic carbocycles. The van der Waals surface area contributed by atoms with E-state index in [1.165, 1.54) is 34.6 Å². The van der Waals surface area contributed by atoms with Gasteiger partial charge in [-0.25, -0.2) is 13.7 Å². The highest BCUT2D eigenvalue weighted by Gasteiger charge is 2.25. The Hall–Kier alpha value is -10.2. The molecule has 0 aliphatic rings. The number of nitrogens with zero attached hydrogens (tertiary/aromatic N) is 3. The molecule has 15 aromatic rings. The fourth-order valence-corrected chi connectivity index (χ4v) is 12.5.